The van der Waals surface area contributed by atoms with Gasteiger partial charge in [0, 0.05) is 48.2 Å². The van der Waals surface area contributed by atoms with Gasteiger partial charge in [-0.2, -0.15) is 0 Å². The van der Waals surface area contributed by atoms with Crippen LogP contribution in [0, 0.1) is 10.1 Å². The summed E-state index contributed by atoms with van der Waals surface area (Å²) in [6, 6.07) is 11.0. The van der Waals surface area contributed by atoms with Crippen LogP contribution in [-0.4, -0.2) is 35.9 Å². The number of amides is 2. The van der Waals surface area contributed by atoms with Gasteiger partial charge in [-0.05, 0) is 62.4 Å². The Morgan fingerprint density at radius 2 is 1.67 bits per heavy atom. The molecule has 0 unspecified atom stereocenters. The Morgan fingerprint density at radius 1 is 0.967 bits per heavy atom. The number of benzene rings is 2. The van der Waals surface area contributed by atoms with Crippen molar-refractivity contribution >= 4 is 28.9 Å². The molecule has 4 rings (SSSR count). The van der Waals surface area contributed by atoms with Crippen LogP contribution < -0.4 is 15.5 Å². The largest absolute Gasteiger partial charge is 0.371 e. The van der Waals surface area contributed by atoms with E-state index in [0.717, 1.165) is 44.5 Å². The van der Waals surface area contributed by atoms with Crippen molar-refractivity contribution in [2.45, 2.75) is 38.1 Å². The predicted octanol–water partition coefficient (Wildman–Crippen LogP) is 3.73. The smallest absolute Gasteiger partial charge is 0.269 e. The number of hydrogen-bond acceptors (Lipinski definition) is 5. The highest BCUT2D eigenvalue weighted by molar-refractivity contribution is 6.06. The van der Waals surface area contributed by atoms with Gasteiger partial charge >= 0.3 is 0 Å². The standard InChI is InChI=1S/C22H24N4O4/c27-21(15-4-9-18(10-5-15)26(29)30)24-17-8-11-20(25-12-2-1-3-13-25)19(14-17)22(28)23-16-6-7-16/h4-5,8-11,14,16H,1-3,6-7,12-13H2,(H,23,28)(H,24,27). The zero-order valence-corrected chi connectivity index (χ0v) is 16.6. The molecule has 2 amide bonds. The Balaban J connectivity index is 1.55. The van der Waals surface area contributed by atoms with E-state index >= 15 is 0 Å². The first-order valence-corrected chi connectivity index (χ1v) is 10.3. The number of rotatable bonds is 6. The van der Waals surface area contributed by atoms with E-state index in [-0.39, 0.29) is 23.5 Å². The summed E-state index contributed by atoms with van der Waals surface area (Å²) >= 11 is 0. The van der Waals surface area contributed by atoms with Crippen LogP contribution in [0.2, 0.25) is 0 Å². The fourth-order valence-corrected chi connectivity index (χ4v) is 3.63. The lowest BCUT2D eigenvalue weighted by Crippen LogP contribution is -2.33. The molecular formula is C22H24N4O4. The molecule has 2 aromatic carbocycles. The number of nitro benzene ring substituents is 1. The summed E-state index contributed by atoms with van der Waals surface area (Å²) in [5.41, 5.74) is 2.20. The van der Waals surface area contributed by atoms with Crippen LogP contribution in [0.15, 0.2) is 42.5 Å². The van der Waals surface area contributed by atoms with Gasteiger partial charge < -0.3 is 15.5 Å². The number of anilines is 2. The molecule has 1 saturated heterocycles. The monoisotopic (exact) mass is 408 g/mol. The minimum atomic E-state index is -0.508. The minimum absolute atomic E-state index is 0.0727. The van der Waals surface area contributed by atoms with E-state index < -0.39 is 4.92 Å². The molecule has 0 radical (unpaired) electrons. The third-order valence-corrected chi connectivity index (χ3v) is 5.45. The average molecular weight is 408 g/mol. The normalized spacial score (nSPS) is 16.1. The first-order valence-electron chi connectivity index (χ1n) is 10.3. The first kappa shape index (κ1) is 19.9. The van der Waals surface area contributed by atoms with Crippen molar-refractivity contribution in [3.05, 3.63) is 63.7 Å². The molecule has 1 heterocycles. The van der Waals surface area contributed by atoms with Crippen LogP contribution in [-0.2, 0) is 0 Å². The number of nitrogens with one attached hydrogen (secondary N) is 2. The summed E-state index contributed by atoms with van der Waals surface area (Å²) in [6.45, 7) is 1.83. The van der Waals surface area contributed by atoms with Crippen LogP contribution in [0.4, 0.5) is 17.1 Å². The summed E-state index contributed by atoms with van der Waals surface area (Å²) in [5, 5.41) is 16.6. The number of nitrogens with zero attached hydrogens (tertiary/aromatic N) is 2. The molecular weight excluding hydrogens is 384 g/mol. The maximum Gasteiger partial charge on any atom is 0.269 e. The average Bonchev–Trinajstić information content (AvgIpc) is 3.58. The summed E-state index contributed by atoms with van der Waals surface area (Å²) in [4.78, 5) is 37.9. The van der Waals surface area contributed by atoms with Gasteiger partial charge in [0.15, 0.2) is 0 Å². The lowest BCUT2D eigenvalue weighted by molar-refractivity contribution is -0.384. The molecule has 8 nitrogen and oxygen atoms in total. The van der Waals surface area contributed by atoms with Gasteiger partial charge in [0.1, 0.15) is 0 Å². The second-order valence-electron chi connectivity index (χ2n) is 7.79. The molecule has 1 aliphatic heterocycles. The molecule has 8 heteroatoms. The van der Waals surface area contributed by atoms with Crippen molar-refractivity contribution in [3.8, 4) is 0 Å². The molecule has 1 saturated carbocycles. The molecule has 30 heavy (non-hydrogen) atoms. The third-order valence-electron chi connectivity index (χ3n) is 5.45. The Kier molecular flexibility index (Phi) is 5.65. The van der Waals surface area contributed by atoms with Crippen molar-refractivity contribution < 1.29 is 14.5 Å². The molecule has 2 aliphatic rings. The van der Waals surface area contributed by atoms with Crippen molar-refractivity contribution in [2.75, 3.05) is 23.3 Å². The van der Waals surface area contributed by atoms with E-state index in [9.17, 15) is 19.7 Å². The highest BCUT2D eigenvalue weighted by Crippen LogP contribution is 2.29. The summed E-state index contributed by atoms with van der Waals surface area (Å²) in [7, 11) is 0. The maximum absolute atomic E-state index is 12.9. The minimum Gasteiger partial charge on any atom is -0.371 e. The van der Waals surface area contributed by atoms with Crippen molar-refractivity contribution in [3.63, 3.8) is 0 Å². The number of carbonyl (C=O) groups is 2. The van der Waals surface area contributed by atoms with E-state index in [2.05, 4.69) is 15.5 Å². The van der Waals surface area contributed by atoms with Gasteiger partial charge in [-0.1, -0.05) is 0 Å². The van der Waals surface area contributed by atoms with E-state index in [4.69, 9.17) is 0 Å². The predicted molar refractivity (Wildman–Crippen MR) is 114 cm³/mol. The highest BCUT2D eigenvalue weighted by Gasteiger charge is 2.26. The van der Waals surface area contributed by atoms with Crippen LogP contribution in [0.3, 0.4) is 0 Å². The Bertz CT molecular complexity index is 964. The summed E-state index contributed by atoms with van der Waals surface area (Å²) < 4.78 is 0. The summed E-state index contributed by atoms with van der Waals surface area (Å²) in [6.07, 6.45) is 5.40. The molecule has 0 atom stereocenters. The second-order valence-corrected chi connectivity index (χ2v) is 7.79. The maximum atomic E-state index is 12.9. The second kappa shape index (κ2) is 8.52. The number of non-ortho nitro benzene ring substituents is 1. The number of carbonyl (C=O) groups excluding carboxylic acids is 2. The Hall–Kier alpha value is -3.42. The quantitative estimate of drug-likeness (QED) is 0.560. The Labute approximate surface area is 174 Å². The topological polar surface area (TPSA) is 105 Å². The summed E-state index contributed by atoms with van der Waals surface area (Å²) in [5.74, 6) is -0.506. The molecule has 156 valence electrons. The fraction of sp³-hybridized carbons (Fsp3) is 0.364. The molecule has 0 spiro atoms. The number of nitro groups is 1. The highest BCUT2D eigenvalue weighted by atomic mass is 16.6. The SMILES string of the molecule is O=C(Nc1ccc(N2CCCCC2)c(C(=O)NC2CC2)c1)c1ccc([N+](=O)[O-])cc1. The van der Waals surface area contributed by atoms with E-state index in [0.29, 0.717) is 16.8 Å². The van der Waals surface area contributed by atoms with Gasteiger partial charge in [0.2, 0.25) is 0 Å². The van der Waals surface area contributed by atoms with Crippen LogP contribution in [0.25, 0.3) is 0 Å². The molecule has 1 aliphatic carbocycles. The van der Waals surface area contributed by atoms with Crippen LogP contribution in [0.5, 0.6) is 0 Å². The Morgan fingerprint density at radius 3 is 2.30 bits per heavy atom. The first-order chi connectivity index (χ1) is 14.5. The van der Waals surface area contributed by atoms with Crippen molar-refractivity contribution in [1.29, 1.82) is 0 Å². The van der Waals surface area contributed by atoms with Crippen LogP contribution in [0.1, 0.15) is 52.8 Å². The van der Waals surface area contributed by atoms with Crippen molar-refractivity contribution in [2.24, 2.45) is 0 Å². The molecule has 0 bridgehead atoms. The molecule has 2 aromatic rings. The van der Waals surface area contributed by atoms with Gasteiger partial charge in [-0.3, -0.25) is 19.7 Å². The van der Waals surface area contributed by atoms with E-state index in [1.807, 2.05) is 6.07 Å². The zero-order valence-electron chi connectivity index (χ0n) is 16.6. The van der Waals surface area contributed by atoms with Crippen LogP contribution >= 0.6 is 0 Å². The fourth-order valence-electron chi connectivity index (χ4n) is 3.63. The lowest BCUT2D eigenvalue weighted by atomic mass is 10.1. The molecule has 2 fully saturated rings. The van der Waals surface area contributed by atoms with Gasteiger partial charge in [-0.15, -0.1) is 0 Å². The molecule has 0 aromatic heterocycles. The lowest BCUT2D eigenvalue weighted by Gasteiger charge is -2.30. The van der Waals surface area contributed by atoms with Gasteiger partial charge in [0.05, 0.1) is 10.5 Å². The van der Waals surface area contributed by atoms with Gasteiger partial charge in [0.25, 0.3) is 17.5 Å². The number of piperidine rings is 1. The third kappa shape index (κ3) is 4.59. The van der Waals surface area contributed by atoms with Gasteiger partial charge in [-0.25, -0.2) is 0 Å². The zero-order chi connectivity index (χ0) is 21.1. The van der Waals surface area contributed by atoms with Crippen molar-refractivity contribution in [1.82, 2.24) is 5.32 Å². The molecule has 2 N–H and O–H groups in total. The van der Waals surface area contributed by atoms with E-state index in [1.54, 1.807) is 12.1 Å². The van der Waals surface area contributed by atoms with E-state index in [1.165, 1.54) is 30.7 Å². The number of hydrogen-bond donors (Lipinski definition) is 2.